The number of nitrogens with zero attached hydrogens (tertiary/aromatic N) is 4. The van der Waals surface area contributed by atoms with Crippen LogP contribution in [0.5, 0.6) is 5.95 Å². The Balaban J connectivity index is 1.78. The average molecular weight is 347 g/mol. The van der Waals surface area contributed by atoms with Crippen LogP contribution in [-0.2, 0) is 29.1 Å². The van der Waals surface area contributed by atoms with Gasteiger partial charge in [0.2, 0.25) is 12.1 Å². The SMILES string of the molecule is CC(=O)N1CCc2c(sc(NC(=O)C[n+]3cc([O-])on3)c2C#N)C1. The second kappa shape index (κ2) is 6.29. The van der Waals surface area contributed by atoms with E-state index >= 15 is 0 Å². The minimum atomic E-state index is -0.642. The van der Waals surface area contributed by atoms with Crippen LogP contribution < -0.4 is 15.1 Å². The molecule has 3 heterocycles. The molecule has 0 atom stereocenters. The number of thiophene rings is 1. The van der Waals surface area contributed by atoms with Gasteiger partial charge in [-0.25, -0.2) is 0 Å². The van der Waals surface area contributed by atoms with Crippen LogP contribution in [-0.4, -0.2) is 28.5 Å². The van der Waals surface area contributed by atoms with Gasteiger partial charge in [0, 0.05) is 18.3 Å². The molecule has 0 aromatic carbocycles. The highest BCUT2D eigenvalue weighted by molar-refractivity contribution is 7.16. The van der Waals surface area contributed by atoms with Crippen LogP contribution in [0.25, 0.3) is 0 Å². The van der Waals surface area contributed by atoms with Crippen LogP contribution >= 0.6 is 11.3 Å². The summed E-state index contributed by atoms with van der Waals surface area (Å²) in [6.07, 6.45) is 1.65. The molecule has 1 N–H and O–H groups in total. The van der Waals surface area contributed by atoms with Gasteiger partial charge < -0.3 is 19.8 Å². The van der Waals surface area contributed by atoms with Crippen LogP contribution in [0.2, 0.25) is 0 Å². The molecule has 0 aliphatic carbocycles. The van der Waals surface area contributed by atoms with E-state index in [0.29, 0.717) is 30.1 Å². The summed E-state index contributed by atoms with van der Waals surface area (Å²) in [6.45, 7) is 2.31. The summed E-state index contributed by atoms with van der Waals surface area (Å²) in [5.74, 6) is -1.09. The van der Waals surface area contributed by atoms with Crippen LogP contribution in [0.4, 0.5) is 5.00 Å². The fraction of sp³-hybridized carbons (Fsp3) is 0.357. The number of hydrogen-bond donors (Lipinski definition) is 1. The number of aromatic nitrogens is 2. The summed E-state index contributed by atoms with van der Waals surface area (Å²) in [4.78, 5) is 26.2. The van der Waals surface area contributed by atoms with E-state index in [2.05, 4.69) is 21.2 Å². The Labute approximate surface area is 140 Å². The Bertz CT molecular complexity index is 850. The monoisotopic (exact) mass is 347 g/mol. The van der Waals surface area contributed by atoms with Gasteiger partial charge in [-0.05, 0) is 12.0 Å². The van der Waals surface area contributed by atoms with E-state index in [4.69, 9.17) is 0 Å². The fourth-order valence-electron chi connectivity index (χ4n) is 2.53. The van der Waals surface area contributed by atoms with Gasteiger partial charge in [-0.2, -0.15) is 5.26 Å². The molecule has 10 heteroatoms. The molecule has 0 radical (unpaired) electrons. The zero-order valence-electron chi connectivity index (χ0n) is 12.7. The van der Waals surface area contributed by atoms with Gasteiger partial charge in [0.25, 0.3) is 12.5 Å². The normalized spacial score (nSPS) is 13.2. The van der Waals surface area contributed by atoms with E-state index in [0.717, 1.165) is 21.3 Å². The number of amides is 2. The third-order valence-corrected chi connectivity index (χ3v) is 4.79. The zero-order valence-corrected chi connectivity index (χ0v) is 13.6. The summed E-state index contributed by atoms with van der Waals surface area (Å²) < 4.78 is 5.43. The maximum absolute atomic E-state index is 12.1. The summed E-state index contributed by atoms with van der Waals surface area (Å²) >= 11 is 1.29. The van der Waals surface area contributed by atoms with Crippen molar-refractivity contribution >= 4 is 28.2 Å². The molecule has 3 rings (SSSR count). The summed E-state index contributed by atoms with van der Waals surface area (Å²) in [6, 6.07) is 2.12. The summed E-state index contributed by atoms with van der Waals surface area (Å²) in [7, 11) is 0. The number of nitrogens with one attached hydrogen (secondary N) is 1. The minimum absolute atomic E-state index is 0.0195. The maximum atomic E-state index is 12.1. The Hall–Kier alpha value is -2.93. The van der Waals surface area contributed by atoms with Crippen LogP contribution in [0.15, 0.2) is 10.7 Å². The van der Waals surface area contributed by atoms with E-state index in [1.54, 1.807) is 4.90 Å². The Morgan fingerprint density at radius 2 is 2.42 bits per heavy atom. The fourth-order valence-corrected chi connectivity index (χ4v) is 3.76. The molecule has 0 bridgehead atoms. The number of hydrogen-bond acceptors (Lipinski definition) is 7. The van der Waals surface area contributed by atoms with Crippen molar-refractivity contribution in [1.29, 1.82) is 5.26 Å². The van der Waals surface area contributed by atoms with E-state index in [1.807, 2.05) is 0 Å². The lowest BCUT2D eigenvalue weighted by Gasteiger charge is -2.25. The average Bonchev–Trinajstić information content (AvgIpc) is 3.08. The highest BCUT2D eigenvalue weighted by Gasteiger charge is 2.26. The van der Waals surface area contributed by atoms with Crippen molar-refractivity contribution in [3.8, 4) is 12.0 Å². The van der Waals surface area contributed by atoms with Gasteiger partial charge in [0.1, 0.15) is 17.0 Å². The predicted molar refractivity (Wildman–Crippen MR) is 78.6 cm³/mol. The van der Waals surface area contributed by atoms with E-state index in [9.17, 15) is 20.0 Å². The zero-order chi connectivity index (χ0) is 17.3. The molecule has 0 saturated heterocycles. The third kappa shape index (κ3) is 3.07. The first-order chi connectivity index (χ1) is 11.5. The quantitative estimate of drug-likeness (QED) is 0.747. The first kappa shape index (κ1) is 15.9. The smallest absolute Gasteiger partial charge is 0.293 e. The van der Waals surface area contributed by atoms with Gasteiger partial charge in [0.15, 0.2) is 0 Å². The molecule has 0 saturated carbocycles. The van der Waals surface area contributed by atoms with Crippen molar-refractivity contribution in [2.24, 2.45) is 0 Å². The van der Waals surface area contributed by atoms with Crippen molar-refractivity contribution in [1.82, 2.24) is 10.2 Å². The second-order valence-corrected chi connectivity index (χ2v) is 6.38. The number of carbonyl (C=O) groups is 2. The number of nitriles is 1. The molecule has 2 aromatic rings. The predicted octanol–water partition coefficient (Wildman–Crippen LogP) is -0.488. The molecule has 1 aliphatic rings. The summed E-state index contributed by atoms with van der Waals surface area (Å²) in [5.41, 5.74) is 1.31. The first-order valence-electron chi connectivity index (χ1n) is 7.11. The Kier molecular flexibility index (Phi) is 4.18. The lowest BCUT2D eigenvalue weighted by molar-refractivity contribution is -0.750. The van der Waals surface area contributed by atoms with Crippen molar-refractivity contribution in [2.75, 3.05) is 11.9 Å². The first-order valence-corrected chi connectivity index (χ1v) is 7.93. The van der Waals surface area contributed by atoms with Crippen LogP contribution in [0.1, 0.15) is 22.9 Å². The number of fused-ring (bicyclic) bond motifs is 1. The lowest BCUT2D eigenvalue weighted by Crippen LogP contribution is -2.41. The van der Waals surface area contributed by atoms with Crippen molar-refractivity contribution in [3.05, 3.63) is 22.2 Å². The van der Waals surface area contributed by atoms with E-state index in [-0.39, 0.29) is 12.5 Å². The van der Waals surface area contributed by atoms with Crippen molar-refractivity contribution < 1.29 is 23.9 Å². The van der Waals surface area contributed by atoms with Gasteiger partial charge in [0.05, 0.1) is 17.4 Å². The topological polar surface area (TPSA) is 126 Å². The van der Waals surface area contributed by atoms with Crippen molar-refractivity contribution in [2.45, 2.75) is 26.4 Å². The van der Waals surface area contributed by atoms with Crippen LogP contribution in [0.3, 0.4) is 0 Å². The molecular formula is C14H13N5O4S. The molecule has 1 aliphatic heterocycles. The number of anilines is 1. The largest absolute Gasteiger partial charge is 0.539 e. The molecule has 24 heavy (non-hydrogen) atoms. The molecule has 0 fully saturated rings. The van der Waals surface area contributed by atoms with Crippen LogP contribution in [0, 0.1) is 11.3 Å². The van der Waals surface area contributed by atoms with E-state index < -0.39 is 11.9 Å². The number of carbonyl (C=O) groups excluding carboxylic acids is 2. The van der Waals surface area contributed by atoms with Gasteiger partial charge >= 0.3 is 0 Å². The molecule has 2 amide bonds. The van der Waals surface area contributed by atoms with Gasteiger partial charge in [-0.3, -0.25) is 9.59 Å². The minimum Gasteiger partial charge on any atom is -0.539 e. The highest BCUT2D eigenvalue weighted by atomic mass is 32.1. The molecular weight excluding hydrogens is 334 g/mol. The molecule has 9 nitrogen and oxygen atoms in total. The molecule has 2 aromatic heterocycles. The van der Waals surface area contributed by atoms with E-state index in [1.165, 1.54) is 18.3 Å². The van der Waals surface area contributed by atoms with Crippen molar-refractivity contribution in [3.63, 3.8) is 0 Å². The standard InChI is InChI=1S/C14H13N5O4S/c1-8(20)18-3-2-9-10(4-15)14(24-11(9)5-18)16-12(21)6-19-7-13(22)23-17-19/h7H,2-3,5-6H2,1H3,(H-,16,17,21,22). The Morgan fingerprint density at radius 3 is 3.04 bits per heavy atom. The maximum Gasteiger partial charge on any atom is 0.293 e. The summed E-state index contributed by atoms with van der Waals surface area (Å²) in [5, 5.41) is 26.8. The molecule has 0 unspecified atom stereocenters. The molecule has 124 valence electrons. The number of rotatable bonds is 3. The Morgan fingerprint density at radius 1 is 1.62 bits per heavy atom. The second-order valence-electron chi connectivity index (χ2n) is 5.28. The lowest BCUT2D eigenvalue weighted by atomic mass is 10.0. The molecule has 0 spiro atoms. The third-order valence-electron chi connectivity index (χ3n) is 3.66. The van der Waals surface area contributed by atoms with Gasteiger partial charge in [-0.1, -0.05) is 4.68 Å². The highest BCUT2D eigenvalue weighted by Crippen LogP contribution is 2.36. The van der Waals surface area contributed by atoms with Gasteiger partial charge in [-0.15, -0.1) is 11.3 Å².